The Labute approximate surface area is 182 Å². The van der Waals surface area contributed by atoms with Crippen molar-refractivity contribution >= 4 is 16.8 Å². The maximum Gasteiger partial charge on any atom is 0.252 e. The Morgan fingerprint density at radius 1 is 0.903 bits per heavy atom. The van der Waals surface area contributed by atoms with Crippen molar-refractivity contribution in [2.24, 2.45) is 0 Å². The Hall–Kier alpha value is -3.66. The molecule has 0 bridgehead atoms. The van der Waals surface area contributed by atoms with Gasteiger partial charge in [-0.15, -0.1) is 0 Å². The van der Waals surface area contributed by atoms with E-state index in [-0.39, 0.29) is 5.91 Å². The molecule has 0 unspecified atom stereocenters. The van der Waals surface area contributed by atoms with Crippen LogP contribution in [0.3, 0.4) is 0 Å². The molecule has 0 radical (unpaired) electrons. The number of hydrogen-bond acceptors (Lipinski definition) is 3. The Kier molecular flexibility index (Phi) is 6.58. The summed E-state index contributed by atoms with van der Waals surface area (Å²) in [6, 6.07) is 27.9. The minimum Gasteiger partial charge on any atom is -0.473 e. The van der Waals surface area contributed by atoms with Gasteiger partial charge in [-0.05, 0) is 37.0 Å². The smallest absolute Gasteiger partial charge is 0.252 e. The first-order chi connectivity index (χ1) is 15.2. The average Bonchev–Trinajstić information content (AvgIpc) is 2.81. The van der Waals surface area contributed by atoms with Crippen LogP contribution in [0, 0.1) is 6.92 Å². The molecular formula is C27H26N2O2. The topological polar surface area (TPSA) is 51.2 Å². The van der Waals surface area contributed by atoms with Crippen molar-refractivity contribution < 1.29 is 9.53 Å². The third-order valence-corrected chi connectivity index (χ3v) is 5.22. The molecule has 0 spiro atoms. The highest BCUT2D eigenvalue weighted by atomic mass is 16.5. The monoisotopic (exact) mass is 410 g/mol. The number of fused-ring (bicyclic) bond motifs is 1. The number of carbonyl (C=O) groups excluding carboxylic acids is 1. The Morgan fingerprint density at radius 3 is 2.45 bits per heavy atom. The summed E-state index contributed by atoms with van der Waals surface area (Å²) < 4.78 is 5.92. The number of aryl methyl sites for hydroxylation is 2. The summed E-state index contributed by atoms with van der Waals surface area (Å²) in [5.74, 6) is 0.348. The molecular weight excluding hydrogens is 384 g/mol. The van der Waals surface area contributed by atoms with Gasteiger partial charge in [-0.3, -0.25) is 4.79 Å². The van der Waals surface area contributed by atoms with Gasteiger partial charge in [0.2, 0.25) is 5.88 Å². The standard InChI is InChI=1S/C27H26N2O2/c1-20-13-15-22(16-14-20)19-31-26-18-24(23-11-5-6-12-25(23)29-26)27(30)28-17-7-10-21-8-3-2-4-9-21/h2-6,8-9,11-16,18H,7,10,17,19H2,1H3,(H,28,30). The molecule has 4 heteroatoms. The number of nitrogens with one attached hydrogen (secondary N) is 1. The van der Waals surface area contributed by atoms with Crippen LogP contribution in [0.2, 0.25) is 0 Å². The minimum absolute atomic E-state index is 0.105. The second-order valence-electron chi connectivity index (χ2n) is 7.64. The number of hydrogen-bond donors (Lipinski definition) is 1. The highest BCUT2D eigenvalue weighted by Gasteiger charge is 2.13. The number of amides is 1. The summed E-state index contributed by atoms with van der Waals surface area (Å²) in [5.41, 5.74) is 4.88. The van der Waals surface area contributed by atoms with Gasteiger partial charge in [-0.25, -0.2) is 4.98 Å². The second-order valence-corrected chi connectivity index (χ2v) is 7.64. The van der Waals surface area contributed by atoms with Crippen LogP contribution in [0.25, 0.3) is 10.9 Å². The van der Waals surface area contributed by atoms with E-state index in [4.69, 9.17) is 4.74 Å². The largest absolute Gasteiger partial charge is 0.473 e. The van der Waals surface area contributed by atoms with E-state index >= 15 is 0 Å². The van der Waals surface area contributed by atoms with Gasteiger partial charge in [0, 0.05) is 18.0 Å². The highest BCUT2D eigenvalue weighted by Crippen LogP contribution is 2.23. The first-order valence-electron chi connectivity index (χ1n) is 10.6. The summed E-state index contributed by atoms with van der Waals surface area (Å²) in [5, 5.41) is 3.87. The van der Waals surface area contributed by atoms with E-state index in [0.717, 1.165) is 29.3 Å². The molecule has 0 saturated carbocycles. The van der Waals surface area contributed by atoms with Crippen molar-refractivity contribution in [1.29, 1.82) is 0 Å². The lowest BCUT2D eigenvalue weighted by Gasteiger charge is -2.11. The van der Waals surface area contributed by atoms with Crippen molar-refractivity contribution in [1.82, 2.24) is 10.3 Å². The molecule has 1 amide bonds. The van der Waals surface area contributed by atoms with Crippen molar-refractivity contribution in [2.45, 2.75) is 26.4 Å². The molecule has 1 N–H and O–H groups in total. The number of pyridine rings is 1. The molecule has 0 fully saturated rings. The predicted molar refractivity (Wildman–Crippen MR) is 124 cm³/mol. The molecule has 156 valence electrons. The molecule has 0 aliphatic heterocycles. The lowest BCUT2D eigenvalue weighted by molar-refractivity contribution is 0.0954. The van der Waals surface area contributed by atoms with Gasteiger partial charge < -0.3 is 10.1 Å². The van der Waals surface area contributed by atoms with Crippen molar-refractivity contribution in [3.8, 4) is 5.88 Å². The average molecular weight is 411 g/mol. The molecule has 3 aromatic carbocycles. The fourth-order valence-electron chi connectivity index (χ4n) is 3.49. The number of nitrogens with zero attached hydrogens (tertiary/aromatic N) is 1. The number of carbonyl (C=O) groups is 1. The minimum atomic E-state index is -0.105. The highest BCUT2D eigenvalue weighted by molar-refractivity contribution is 6.06. The molecule has 4 rings (SSSR count). The van der Waals surface area contributed by atoms with Crippen molar-refractivity contribution in [2.75, 3.05) is 6.54 Å². The summed E-state index contributed by atoms with van der Waals surface area (Å²) in [6.07, 6.45) is 1.82. The molecule has 0 saturated heterocycles. The molecule has 1 aromatic heterocycles. The van der Waals surface area contributed by atoms with E-state index in [9.17, 15) is 4.79 Å². The number of rotatable bonds is 8. The van der Waals surface area contributed by atoms with Crippen molar-refractivity contribution in [3.05, 3.63) is 107 Å². The molecule has 4 nitrogen and oxygen atoms in total. The lowest BCUT2D eigenvalue weighted by atomic mass is 10.1. The van der Waals surface area contributed by atoms with Crippen LogP contribution in [0.15, 0.2) is 84.9 Å². The lowest BCUT2D eigenvalue weighted by Crippen LogP contribution is -2.25. The SMILES string of the molecule is Cc1ccc(COc2cc(C(=O)NCCCc3ccccc3)c3ccccc3n2)cc1. The normalized spacial score (nSPS) is 10.7. The molecule has 0 aliphatic carbocycles. The second kappa shape index (κ2) is 9.90. The van der Waals surface area contributed by atoms with Crippen LogP contribution >= 0.6 is 0 Å². The Balaban J connectivity index is 1.45. The first-order valence-corrected chi connectivity index (χ1v) is 10.6. The van der Waals surface area contributed by atoms with Crippen LogP contribution in [-0.2, 0) is 13.0 Å². The van der Waals surface area contributed by atoms with E-state index in [1.54, 1.807) is 6.07 Å². The van der Waals surface area contributed by atoms with E-state index in [1.165, 1.54) is 11.1 Å². The van der Waals surface area contributed by atoms with Crippen LogP contribution in [-0.4, -0.2) is 17.4 Å². The van der Waals surface area contributed by atoms with E-state index in [2.05, 4.69) is 41.5 Å². The molecule has 1 heterocycles. The summed E-state index contributed by atoms with van der Waals surface area (Å²) in [4.78, 5) is 17.5. The fraction of sp³-hybridized carbons (Fsp3) is 0.185. The van der Waals surface area contributed by atoms with E-state index < -0.39 is 0 Å². The molecule has 4 aromatic rings. The van der Waals surface area contributed by atoms with E-state index in [0.29, 0.717) is 24.6 Å². The third kappa shape index (κ3) is 5.48. The maximum atomic E-state index is 12.9. The van der Waals surface area contributed by atoms with Crippen LogP contribution in [0.4, 0.5) is 0 Å². The number of ether oxygens (including phenoxy) is 1. The fourth-order valence-corrected chi connectivity index (χ4v) is 3.49. The number of aromatic nitrogens is 1. The quantitative estimate of drug-likeness (QED) is 0.391. The summed E-state index contributed by atoms with van der Waals surface area (Å²) in [7, 11) is 0. The summed E-state index contributed by atoms with van der Waals surface area (Å²) in [6.45, 7) is 3.08. The third-order valence-electron chi connectivity index (χ3n) is 5.22. The van der Waals surface area contributed by atoms with Gasteiger partial charge in [0.1, 0.15) is 6.61 Å². The van der Waals surface area contributed by atoms with Gasteiger partial charge in [-0.2, -0.15) is 0 Å². The predicted octanol–water partition coefficient (Wildman–Crippen LogP) is 5.48. The molecule has 0 atom stereocenters. The zero-order chi connectivity index (χ0) is 21.5. The number of para-hydroxylation sites is 1. The molecule has 31 heavy (non-hydrogen) atoms. The summed E-state index contributed by atoms with van der Waals surface area (Å²) >= 11 is 0. The van der Waals surface area contributed by atoms with Crippen LogP contribution < -0.4 is 10.1 Å². The van der Waals surface area contributed by atoms with Gasteiger partial charge in [0.15, 0.2) is 0 Å². The van der Waals surface area contributed by atoms with Gasteiger partial charge in [-0.1, -0.05) is 78.4 Å². The van der Waals surface area contributed by atoms with Crippen LogP contribution in [0.1, 0.15) is 33.5 Å². The van der Waals surface area contributed by atoms with Gasteiger partial charge in [0.25, 0.3) is 5.91 Å². The van der Waals surface area contributed by atoms with Gasteiger partial charge >= 0.3 is 0 Å². The number of benzene rings is 3. The van der Waals surface area contributed by atoms with Crippen LogP contribution in [0.5, 0.6) is 5.88 Å². The van der Waals surface area contributed by atoms with Crippen molar-refractivity contribution in [3.63, 3.8) is 0 Å². The maximum absolute atomic E-state index is 12.9. The first kappa shape index (κ1) is 20.6. The zero-order valence-electron chi connectivity index (χ0n) is 17.7. The molecule has 0 aliphatic rings. The Morgan fingerprint density at radius 2 is 1.65 bits per heavy atom. The van der Waals surface area contributed by atoms with E-state index in [1.807, 2.05) is 54.6 Å². The zero-order valence-corrected chi connectivity index (χ0v) is 17.7. The Bertz CT molecular complexity index is 1150. The van der Waals surface area contributed by atoms with Gasteiger partial charge in [0.05, 0.1) is 11.1 Å².